The summed E-state index contributed by atoms with van der Waals surface area (Å²) in [5, 5.41) is 1.69. The third-order valence-corrected chi connectivity index (χ3v) is 7.95. The van der Waals surface area contributed by atoms with Crippen LogP contribution in [0.3, 0.4) is 0 Å². The zero-order chi connectivity index (χ0) is 27.4. The summed E-state index contributed by atoms with van der Waals surface area (Å²) in [5.74, 6) is -0.595. The first kappa shape index (κ1) is 25.9. The number of imide groups is 1. The van der Waals surface area contributed by atoms with Crippen LogP contribution in [0, 0.1) is 13.8 Å². The SMILES string of the molecule is CCCCN1C(=O)C(c2c(C)sc3ccccc23)=C(c2c(C)n(C(=O)OC(C)(C)C)c3ccccc23)C1=O. The lowest BCUT2D eigenvalue weighted by Gasteiger charge is -2.20. The van der Waals surface area contributed by atoms with Crippen LogP contribution < -0.4 is 0 Å². The predicted octanol–water partition coefficient (Wildman–Crippen LogP) is 7.34. The normalized spacial score (nSPS) is 14.4. The lowest BCUT2D eigenvalue weighted by molar-refractivity contribution is -0.136. The molecule has 2 aromatic carbocycles. The Labute approximate surface area is 226 Å². The minimum Gasteiger partial charge on any atom is -0.443 e. The molecule has 0 radical (unpaired) electrons. The Morgan fingerprint density at radius 1 is 0.895 bits per heavy atom. The van der Waals surface area contributed by atoms with Gasteiger partial charge in [-0.3, -0.25) is 14.5 Å². The fourth-order valence-corrected chi connectivity index (χ4v) is 6.33. The Balaban J connectivity index is 1.84. The van der Waals surface area contributed by atoms with Crippen LogP contribution in [0.5, 0.6) is 0 Å². The van der Waals surface area contributed by atoms with E-state index < -0.39 is 11.7 Å². The molecule has 6 nitrogen and oxygen atoms in total. The van der Waals surface area contributed by atoms with Crippen LogP contribution in [0.25, 0.3) is 32.1 Å². The van der Waals surface area contributed by atoms with E-state index in [2.05, 4.69) is 0 Å². The minimum absolute atomic E-state index is 0.279. The van der Waals surface area contributed by atoms with E-state index in [9.17, 15) is 14.4 Å². The number of benzene rings is 2. The molecule has 2 amide bonds. The van der Waals surface area contributed by atoms with Crippen LogP contribution in [0.4, 0.5) is 4.79 Å². The Hall–Kier alpha value is -3.71. The molecule has 7 heteroatoms. The van der Waals surface area contributed by atoms with Gasteiger partial charge in [-0.25, -0.2) is 9.36 Å². The van der Waals surface area contributed by atoms with Gasteiger partial charge in [-0.1, -0.05) is 49.7 Å². The molecule has 0 atom stereocenters. The van der Waals surface area contributed by atoms with E-state index in [4.69, 9.17) is 4.74 Å². The summed E-state index contributed by atoms with van der Waals surface area (Å²) in [5.41, 5.74) is 2.69. The van der Waals surface area contributed by atoms with E-state index >= 15 is 0 Å². The molecule has 3 heterocycles. The van der Waals surface area contributed by atoms with Crippen molar-refractivity contribution in [3.05, 3.63) is 70.2 Å². The molecule has 38 heavy (non-hydrogen) atoms. The van der Waals surface area contributed by atoms with E-state index in [1.807, 2.05) is 90.1 Å². The van der Waals surface area contributed by atoms with Crippen molar-refractivity contribution in [3.8, 4) is 0 Å². The van der Waals surface area contributed by atoms with E-state index in [0.29, 0.717) is 34.5 Å². The van der Waals surface area contributed by atoms with E-state index in [0.717, 1.165) is 38.8 Å². The number of thiophene rings is 1. The van der Waals surface area contributed by atoms with Gasteiger partial charge in [-0.2, -0.15) is 0 Å². The van der Waals surface area contributed by atoms with E-state index in [1.165, 1.54) is 9.47 Å². The predicted molar refractivity (Wildman–Crippen MR) is 153 cm³/mol. The van der Waals surface area contributed by atoms with Gasteiger partial charge in [0, 0.05) is 43.7 Å². The second kappa shape index (κ2) is 9.55. The van der Waals surface area contributed by atoms with Crippen molar-refractivity contribution in [1.82, 2.24) is 9.47 Å². The Morgan fingerprint density at radius 2 is 1.50 bits per heavy atom. The number of carbonyl (C=O) groups is 3. The molecule has 0 fully saturated rings. The molecule has 0 aliphatic carbocycles. The van der Waals surface area contributed by atoms with Crippen LogP contribution in [-0.2, 0) is 14.3 Å². The van der Waals surface area contributed by atoms with Gasteiger partial charge in [0.2, 0.25) is 0 Å². The minimum atomic E-state index is -0.692. The molecule has 5 rings (SSSR count). The standard InChI is InChI=1S/C31H32N2O4S/c1-7-8-17-32-28(34)26(27(29(32)35)25-19(3)38-23-16-12-10-14-21(23)25)24-18(2)33(30(36)37-31(4,5)6)22-15-11-9-13-20(22)24/h9-16H,7-8,17H2,1-6H3. The third-order valence-electron chi connectivity index (χ3n) is 6.86. The molecule has 0 unspecified atom stereocenters. The average molecular weight is 529 g/mol. The fraction of sp³-hybridized carbons (Fsp3) is 0.323. The lowest BCUT2D eigenvalue weighted by Crippen LogP contribution is -2.32. The number of hydrogen-bond acceptors (Lipinski definition) is 5. The quantitative estimate of drug-likeness (QED) is 0.254. The number of amides is 2. The average Bonchev–Trinajstić information content (AvgIpc) is 3.41. The van der Waals surface area contributed by atoms with Gasteiger partial charge >= 0.3 is 6.09 Å². The summed E-state index contributed by atoms with van der Waals surface area (Å²) >= 11 is 1.61. The highest BCUT2D eigenvalue weighted by molar-refractivity contribution is 7.19. The van der Waals surface area contributed by atoms with Crippen molar-refractivity contribution < 1.29 is 19.1 Å². The molecule has 4 aromatic rings. The summed E-state index contributed by atoms with van der Waals surface area (Å²) in [7, 11) is 0. The molecular formula is C31H32N2O4S. The summed E-state index contributed by atoms with van der Waals surface area (Å²) in [6.45, 7) is 11.7. The summed E-state index contributed by atoms with van der Waals surface area (Å²) in [6.07, 6.45) is 1.07. The highest BCUT2D eigenvalue weighted by Crippen LogP contribution is 2.45. The van der Waals surface area contributed by atoms with Crippen LogP contribution in [0.2, 0.25) is 0 Å². The maximum absolute atomic E-state index is 14.1. The Morgan fingerprint density at radius 3 is 2.16 bits per heavy atom. The van der Waals surface area contributed by atoms with Crippen molar-refractivity contribution >= 4 is 61.4 Å². The molecular weight excluding hydrogens is 496 g/mol. The third kappa shape index (κ3) is 4.15. The molecule has 0 spiro atoms. The second-order valence-corrected chi connectivity index (χ2v) is 11.9. The summed E-state index contributed by atoms with van der Waals surface area (Å²) in [6, 6.07) is 15.4. The number of unbranched alkanes of at least 4 members (excludes halogenated alkanes) is 1. The molecule has 196 valence electrons. The maximum atomic E-state index is 14.1. The van der Waals surface area contributed by atoms with Crippen LogP contribution in [0.1, 0.15) is 62.2 Å². The van der Waals surface area contributed by atoms with Crippen molar-refractivity contribution in [3.63, 3.8) is 0 Å². The molecule has 0 bridgehead atoms. The highest BCUT2D eigenvalue weighted by atomic mass is 32.1. The molecule has 2 aromatic heterocycles. The first-order valence-electron chi connectivity index (χ1n) is 13.0. The van der Waals surface area contributed by atoms with Gasteiger partial charge in [-0.15, -0.1) is 11.3 Å². The summed E-state index contributed by atoms with van der Waals surface area (Å²) < 4.78 is 8.32. The Kier molecular flexibility index (Phi) is 6.51. The van der Waals surface area contributed by atoms with Gasteiger partial charge in [0.1, 0.15) is 5.60 Å². The van der Waals surface area contributed by atoms with E-state index in [-0.39, 0.29) is 11.8 Å². The molecule has 0 N–H and O–H groups in total. The van der Waals surface area contributed by atoms with Crippen LogP contribution in [0.15, 0.2) is 48.5 Å². The zero-order valence-electron chi connectivity index (χ0n) is 22.7. The van der Waals surface area contributed by atoms with Gasteiger partial charge in [0.25, 0.3) is 11.8 Å². The second-order valence-electron chi connectivity index (χ2n) is 10.7. The number of carbonyl (C=O) groups excluding carboxylic acids is 3. The first-order valence-corrected chi connectivity index (χ1v) is 13.8. The first-order chi connectivity index (χ1) is 18.0. The lowest BCUT2D eigenvalue weighted by atomic mass is 9.93. The number of hydrogen-bond donors (Lipinski definition) is 0. The van der Waals surface area contributed by atoms with Gasteiger partial charge in [0.15, 0.2) is 0 Å². The number of rotatable bonds is 5. The Bertz CT molecular complexity index is 1650. The molecule has 0 saturated heterocycles. The zero-order valence-corrected chi connectivity index (χ0v) is 23.5. The smallest absolute Gasteiger partial charge is 0.419 e. The van der Waals surface area contributed by atoms with Crippen LogP contribution >= 0.6 is 11.3 Å². The summed E-state index contributed by atoms with van der Waals surface area (Å²) in [4.78, 5) is 43.9. The molecule has 1 aliphatic heterocycles. The number of aromatic nitrogens is 1. The van der Waals surface area contributed by atoms with Crippen molar-refractivity contribution in [2.24, 2.45) is 0 Å². The van der Waals surface area contributed by atoms with Crippen LogP contribution in [-0.4, -0.2) is 39.5 Å². The number of ether oxygens (including phenoxy) is 1. The van der Waals surface area contributed by atoms with Crippen molar-refractivity contribution in [2.45, 2.75) is 60.0 Å². The highest BCUT2D eigenvalue weighted by Gasteiger charge is 2.42. The topological polar surface area (TPSA) is 68.6 Å². The number of nitrogens with zero attached hydrogens (tertiary/aromatic N) is 2. The number of para-hydroxylation sites is 1. The molecule has 1 aliphatic rings. The maximum Gasteiger partial charge on any atom is 0.419 e. The number of fused-ring (bicyclic) bond motifs is 2. The van der Waals surface area contributed by atoms with Crippen molar-refractivity contribution in [2.75, 3.05) is 6.54 Å². The van der Waals surface area contributed by atoms with Crippen molar-refractivity contribution in [1.29, 1.82) is 0 Å². The van der Waals surface area contributed by atoms with Gasteiger partial charge in [-0.05, 0) is 53.2 Å². The monoisotopic (exact) mass is 528 g/mol. The van der Waals surface area contributed by atoms with Gasteiger partial charge in [0.05, 0.1) is 16.7 Å². The number of aryl methyl sites for hydroxylation is 1. The van der Waals surface area contributed by atoms with E-state index in [1.54, 1.807) is 11.3 Å². The van der Waals surface area contributed by atoms with Gasteiger partial charge < -0.3 is 4.74 Å². The largest absolute Gasteiger partial charge is 0.443 e. The fourth-order valence-electron chi connectivity index (χ4n) is 5.26. The molecule has 0 saturated carbocycles.